The van der Waals surface area contributed by atoms with E-state index in [2.05, 4.69) is 46.1 Å². The van der Waals surface area contributed by atoms with E-state index in [1.54, 1.807) is 11.8 Å². The van der Waals surface area contributed by atoms with E-state index in [-0.39, 0.29) is 0 Å². The zero-order chi connectivity index (χ0) is 12.3. The highest BCUT2D eigenvalue weighted by molar-refractivity contribution is 7.99. The summed E-state index contributed by atoms with van der Waals surface area (Å²) in [6.45, 7) is 6.28. The predicted molar refractivity (Wildman–Crippen MR) is 74.1 cm³/mol. The molecule has 0 fully saturated rings. The van der Waals surface area contributed by atoms with Crippen LogP contribution in [0, 0.1) is 5.92 Å². The fourth-order valence-electron chi connectivity index (χ4n) is 1.58. The lowest BCUT2D eigenvalue weighted by Gasteiger charge is -2.23. The first-order chi connectivity index (χ1) is 8.16. The Hall–Kier alpha value is -0.590. The molecule has 0 aromatic carbocycles. The first-order valence-electron chi connectivity index (χ1n) is 5.73. The second-order valence-electron chi connectivity index (χ2n) is 4.67. The van der Waals surface area contributed by atoms with Crippen molar-refractivity contribution in [2.45, 2.75) is 18.9 Å². The van der Waals surface area contributed by atoms with E-state index >= 15 is 0 Å². The molecule has 1 aromatic heterocycles. The van der Waals surface area contributed by atoms with Crippen LogP contribution in [0.1, 0.15) is 19.5 Å². The zero-order valence-corrected chi connectivity index (χ0v) is 12.1. The third-order valence-corrected chi connectivity index (χ3v) is 4.43. The van der Waals surface area contributed by atoms with Crippen molar-refractivity contribution >= 4 is 29.1 Å². The maximum Gasteiger partial charge on any atom is 0.138 e. The molecule has 1 aliphatic heterocycles. The molecule has 6 heteroatoms. The van der Waals surface area contributed by atoms with Gasteiger partial charge in [0, 0.05) is 24.1 Å². The Morgan fingerprint density at radius 2 is 2.35 bits per heavy atom. The molecule has 2 heterocycles. The molecule has 0 bridgehead atoms. The topological polar surface area (TPSA) is 41.1 Å². The van der Waals surface area contributed by atoms with E-state index in [1.807, 2.05) is 0 Å². The molecular weight excluding hydrogens is 252 g/mol. The van der Waals surface area contributed by atoms with Crippen molar-refractivity contribution in [3.8, 4) is 0 Å². The summed E-state index contributed by atoms with van der Waals surface area (Å²) >= 11 is 3.11. The Balaban J connectivity index is 2.10. The van der Waals surface area contributed by atoms with Gasteiger partial charge in [-0.15, -0.1) is 11.8 Å². The molecule has 1 aromatic rings. The summed E-state index contributed by atoms with van der Waals surface area (Å²) in [6.07, 6.45) is 2.07. The van der Waals surface area contributed by atoms with Crippen LogP contribution in [0.2, 0.25) is 0 Å². The molecular formula is C11H18N4S2. The van der Waals surface area contributed by atoms with Crippen molar-refractivity contribution in [3.63, 3.8) is 0 Å². The highest BCUT2D eigenvalue weighted by Gasteiger charge is 2.17. The molecule has 0 aliphatic carbocycles. The van der Waals surface area contributed by atoms with E-state index in [4.69, 9.17) is 0 Å². The van der Waals surface area contributed by atoms with Crippen LogP contribution in [-0.2, 0) is 0 Å². The predicted octanol–water partition coefficient (Wildman–Crippen LogP) is 2.12. The minimum atomic E-state index is 0.677. The minimum absolute atomic E-state index is 0.677. The Bertz CT molecular complexity index is 400. The van der Waals surface area contributed by atoms with Gasteiger partial charge in [-0.25, -0.2) is 0 Å². The van der Waals surface area contributed by atoms with Crippen LogP contribution in [0.25, 0.3) is 5.57 Å². The van der Waals surface area contributed by atoms with Crippen molar-refractivity contribution in [3.05, 3.63) is 11.9 Å². The number of aromatic nitrogens is 2. The van der Waals surface area contributed by atoms with Gasteiger partial charge in [-0.2, -0.15) is 8.75 Å². The summed E-state index contributed by atoms with van der Waals surface area (Å²) in [5.74, 6) is 1.77. The lowest BCUT2D eigenvalue weighted by molar-refractivity contribution is 0.349. The maximum absolute atomic E-state index is 4.43. The van der Waals surface area contributed by atoms with Crippen LogP contribution in [0.3, 0.4) is 0 Å². The smallest absolute Gasteiger partial charge is 0.138 e. The molecule has 0 amide bonds. The van der Waals surface area contributed by atoms with Gasteiger partial charge in [0.15, 0.2) is 0 Å². The monoisotopic (exact) mass is 270 g/mol. The molecule has 0 spiro atoms. The van der Waals surface area contributed by atoms with Crippen LogP contribution in [0.4, 0.5) is 0 Å². The Kier molecular flexibility index (Phi) is 4.42. The molecule has 0 radical (unpaired) electrons. The van der Waals surface area contributed by atoms with Gasteiger partial charge < -0.3 is 5.32 Å². The second kappa shape index (κ2) is 5.84. The van der Waals surface area contributed by atoms with Gasteiger partial charge in [0.2, 0.25) is 0 Å². The highest BCUT2D eigenvalue weighted by Crippen LogP contribution is 2.28. The minimum Gasteiger partial charge on any atom is -0.378 e. The summed E-state index contributed by atoms with van der Waals surface area (Å²) in [5.41, 5.74) is 2.29. The van der Waals surface area contributed by atoms with Crippen LogP contribution in [-0.4, -0.2) is 39.7 Å². The van der Waals surface area contributed by atoms with E-state index in [0.717, 1.165) is 29.7 Å². The van der Waals surface area contributed by atoms with Gasteiger partial charge in [0.25, 0.3) is 0 Å². The standard InChI is InChI=1S/C11H18N4S2/c1-8(2)6-16-11-10(13-17-14-11)9-4-12-7-15(3)5-9/h4,8,12H,5-7H2,1-3H3. The first kappa shape index (κ1) is 12.9. The van der Waals surface area contributed by atoms with E-state index in [1.165, 1.54) is 17.3 Å². The third kappa shape index (κ3) is 3.43. The average molecular weight is 270 g/mol. The number of rotatable bonds is 4. The summed E-state index contributed by atoms with van der Waals surface area (Å²) in [4.78, 5) is 2.23. The van der Waals surface area contributed by atoms with Crippen LogP contribution in [0.5, 0.6) is 0 Å². The molecule has 17 heavy (non-hydrogen) atoms. The van der Waals surface area contributed by atoms with Crippen molar-refractivity contribution in [2.75, 3.05) is 26.0 Å². The Morgan fingerprint density at radius 1 is 1.53 bits per heavy atom. The molecule has 4 nitrogen and oxygen atoms in total. The van der Waals surface area contributed by atoms with E-state index in [0.29, 0.717) is 5.92 Å². The fourth-order valence-corrected chi connectivity index (χ4v) is 3.24. The van der Waals surface area contributed by atoms with Crippen molar-refractivity contribution in [1.29, 1.82) is 0 Å². The van der Waals surface area contributed by atoms with Gasteiger partial charge in [-0.1, -0.05) is 13.8 Å². The Labute approximate surface area is 111 Å². The van der Waals surface area contributed by atoms with Crippen molar-refractivity contribution in [2.24, 2.45) is 5.92 Å². The number of nitrogens with zero attached hydrogens (tertiary/aromatic N) is 3. The number of thioether (sulfide) groups is 1. The Morgan fingerprint density at radius 3 is 3.06 bits per heavy atom. The fraction of sp³-hybridized carbons (Fsp3) is 0.636. The third-order valence-electron chi connectivity index (χ3n) is 2.39. The number of nitrogens with one attached hydrogen (secondary N) is 1. The second-order valence-corrected chi connectivity index (χ2v) is 6.21. The van der Waals surface area contributed by atoms with Gasteiger partial charge in [0.05, 0.1) is 18.4 Å². The lowest BCUT2D eigenvalue weighted by Crippen LogP contribution is -2.34. The van der Waals surface area contributed by atoms with E-state index < -0.39 is 0 Å². The summed E-state index contributed by atoms with van der Waals surface area (Å²) < 4.78 is 8.82. The quantitative estimate of drug-likeness (QED) is 0.849. The first-order valence-corrected chi connectivity index (χ1v) is 7.45. The van der Waals surface area contributed by atoms with Gasteiger partial charge >= 0.3 is 0 Å². The van der Waals surface area contributed by atoms with E-state index in [9.17, 15) is 0 Å². The molecule has 1 N–H and O–H groups in total. The number of likely N-dealkylation sites (N-methyl/N-ethyl adjacent to an activating group) is 1. The maximum atomic E-state index is 4.43. The van der Waals surface area contributed by atoms with Crippen LogP contribution in [0.15, 0.2) is 11.2 Å². The van der Waals surface area contributed by atoms with Gasteiger partial charge in [-0.3, -0.25) is 4.90 Å². The van der Waals surface area contributed by atoms with Crippen molar-refractivity contribution in [1.82, 2.24) is 19.0 Å². The summed E-state index contributed by atoms with van der Waals surface area (Å²) in [6, 6.07) is 0. The highest BCUT2D eigenvalue weighted by atomic mass is 32.2. The molecule has 94 valence electrons. The van der Waals surface area contributed by atoms with Crippen molar-refractivity contribution < 1.29 is 0 Å². The molecule has 0 unspecified atom stereocenters. The summed E-state index contributed by atoms with van der Waals surface area (Å²) in [5, 5.41) is 4.33. The molecule has 2 rings (SSSR count). The summed E-state index contributed by atoms with van der Waals surface area (Å²) in [7, 11) is 2.10. The van der Waals surface area contributed by atoms with Gasteiger partial charge in [-0.05, 0) is 13.0 Å². The SMILES string of the molecule is CC(C)CSc1nsnc1C1=CNCN(C)C1. The molecule has 0 saturated heterocycles. The van der Waals surface area contributed by atoms with Gasteiger partial charge in [0.1, 0.15) is 10.7 Å². The molecule has 1 aliphatic rings. The lowest BCUT2D eigenvalue weighted by atomic mass is 10.2. The molecule has 0 saturated carbocycles. The zero-order valence-electron chi connectivity index (χ0n) is 10.4. The van der Waals surface area contributed by atoms with Crippen LogP contribution >= 0.6 is 23.5 Å². The molecule has 0 atom stereocenters. The number of hydrogen-bond acceptors (Lipinski definition) is 6. The van der Waals surface area contributed by atoms with Crippen LogP contribution < -0.4 is 5.32 Å². The average Bonchev–Trinajstić information content (AvgIpc) is 2.74. The largest absolute Gasteiger partial charge is 0.378 e. The normalized spacial score (nSPS) is 17.1. The number of hydrogen-bond donors (Lipinski definition) is 1.